The molecule has 1 atom stereocenters. The van der Waals surface area contributed by atoms with Crippen LogP contribution in [-0.4, -0.2) is 46.2 Å². The van der Waals surface area contributed by atoms with Gasteiger partial charge in [0.1, 0.15) is 17.2 Å². The van der Waals surface area contributed by atoms with Crippen molar-refractivity contribution in [1.82, 2.24) is 15.3 Å². The van der Waals surface area contributed by atoms with Crippen LogP contribution in [0.15, 0.2) is 30.5 Å². The molecule has 1 aromatic heterocycles. The first-order valence-electron chi connectivity index (χ1n) is 10.3. The molecule has 2 fully saturated rings. The van der Waals surface area contributed by atoms with Gasteiger partial charge >= 0.3 is 0 Å². The molecule has 6 nitrogen and oxygen atoms in total. The average Bonchev–Trinajstić information content (AvgIpc) is 3.59. The van der Waals surface area contributed by atoms with Crippen LogP contribution >= 0.6 is 0 Å². The summed E-state index contributed by atoms with van der Waals surface area (Å²) >= 11 is 0. The van der Waals surface area contributed by atoms with Gasteiger partial charge in [0.2, 0.25) is 0 Å². The zero-order chi connectivity index (χ0) is 20.4. The van der Waals surface area contributed by atoms with E-state index in [-0.39, 0.29) is 29.9 Å². The van der Waals surface area contributed by atoms with Crippen LogP contribution in [0.3, 0.4) is 0 Å². The van der Waals surface area contributed by atoms with Crippen LogP contribution in [0.1, 0.15) is 49.5 Å². The summed E-state index contributed by atoms with van der Waals surface area (Å²) in [6.45, 7) is 3.70. The van der Waals surface area contributed by atoms with Gasteiger partial charge in [0, 0.05) is 25.2 Å². The quantitative estimate of drug-likeness (QED) is 0.782. The lowest BCUT2D eigenvalue weighted by Crippen LogP contribution is -2.42. The van der Waals surface area contributed by atoms with Gasteiger partial charge in [-0.3, -0.25) is 4.79 Å². The Morgan fingerprint density at radius 3 is 2.59 bits per heavy atom. The number of carbonyl (C=O) groups is 1. The number of rotatable bonds is 6. The topological polar surface area (TPSA) is 78.3 Å². The third kappa shape index (κ3) is 4.56. The van der Waals surface area contributed by atoms with Gasteiger partial charge in [-0.25, -0.2) is 14.4 Å². The molecule has 0 bridgehead atoms. The number of benzene rings is 1. The van der Waals surface area contributed by atoms with Crippen molar-refractivity contribution >= 4 is 11.7 Å². The van der Waals surface area contributed by atoms with Gasteiger partial charge in [0.15, 0.2) is 5.82 Å². The lowest BCUT2D eigenvalue weighted by Gasteiger charge is -2.29. The molecule has 7 heteroatoms. The molecule has 2 heterocycles. The van der Waals surface area contributed by atoms with Crippen LogP contribution in [0.5, 0.6) is 0 Å². The van der Waals surface area contributed by atoms with E-state index in [0.29, 0.717) is 5.69 Å². The summed E-state index contributed by atoms with van der Waals surface area (Å²) < 4.78 is 13.4. The lowest BCUT2D eigenvalue weighted by molar-refractivity contribution is 0.0353. The summed E-state index contributed by atoms with van der Waals surface area (Å²) in [6.07, 6.45) is 6.82. The second kappa shape index (κ2) is 8.06. The Bertz CT molecular complexity index is 875. The van der Waals surface area contributed by atoms with Gasteiger partial charge < -0.3 is 15.3 Å². The largest absolute Gasteiger partial charge is 0.388 e. The second-order valence-electron chi connectivity index (χ2n) is 8.30. The van der Waals surface area contributed by atoms with Crippen molar-refractivity contribution in [3.05, 3.63) is 42.0 Å². The zero-order valence-electron chi connectivity index (χ0n) is 16.7. The molecule has 2 aromatic rings. The van der Waals surface area contributed by atoms with Crippen molar-refractivity contribution in [2.24, 2.45) is 5.92 Å². The van der Waals surface area contributed by atoms with Gasteiger partial charge in [-0.05, 0) is 69.2 Å². The van der Waals surface area contributed by atoms with E-state index >= 15 is 0 Å². The fourth-order valence-corrected chi connectivity index (χ4v) is 3.83. The van der Waals surface area contributed by atoms with E-state index in [1.165, 1.54) is 24.8 Å². The number of aliphatic hydroxyl groups is 1. The number of nitrogens with zero attached hydrogens (tertiary/aromatic N) is 3. The molecule has 2 aliphatic rings. The first-order valence-corrected chi connectivity index (χ1v) is 10.3. The van der Waals surface area contributed by atoms with Gasteiger partial charge in [-0.2, -0.15) is 0 Å². The fourth-order valence-electron chi connectivity index (χ4n) is 3.83. The van der Waals surface area contributed by atoms with E-state index in [4.69, 9.17) is 0 Å². The van der Waals surface area contributed by atoms with Gasteiger partial charge in [0.05, 0.1) is 11.8 Å². The predicted octanol–water partition coefficient (Wildman–Crippen LogP) is 3.16. The Balaban J connectivity index is 1.60. The van der Waals surface area contributed by atoms with E-state index in [2.05, 4.69) is 20.2 Å². The van der Waals surface area contributed by atoms with Crippen molar-refractivity contribution in [2.45, 2.75) is 44.6 Å². The van der Waals surface area contributed by atoms with Crippen molar-refractivity contribution in [3.8, 4) is 11.3 Å². The van der Waals surface area contributed by atoms with Crippen LogP contribution in [-0.2, 0) is 0 Å². The summed E-state index contributed by atoms with van der Waals surface area (Å²) in [4.78, 5) is 24.0. The smallest absolute Gasteiger partial charge is 0.271 e. The number of hydrogen-bond donors (Lipinski definition) is 2. The van der Waals surface area contributed by atoms with Crippen molar-refractivity contribution in [2.75, 3.05) is 24.5 Å². The zero-order valence-corrected chi connectivity index (χ0v) is 16.7. The molecule has 154 valence electrons. The number of nitrogens with one attached hydrogen (secondary N) is 1. The molecule has 1 aromatic carbocycles. The minimum Gasteiger partial charge on any atom is -0.388 e. The average molecular weight is 398 g/mol. The second-order valence-corrected chi connectivity index (χ2v) is 8.30. The molecule has 1 aliphatic carbocycles. The molecule has 0 radical (unpaired) electrons. The van der Waals surface area contributed by atoms with Crippen molar-refractivity contribution < 1.29 is 14.3 Å². The first kappa shape index (κ1) is 19.8. The number of hydrogen-bond acceptors (Lipinski definition) is 5. The highest BCUT2D eigenvalue weighted by Gasteiger charge is 2.40. The SMILES string of the molecule is C[C@](O)(CNC(=O)c1cnc(N2CCCCC2)c(-c2ccc(F)cc2)n1)C1CC1. The summed E-state index contributed by atoms with van der Waals surface area (Å²) in [7, 11) is 0. The Morgan fingerprint density at radius 2 is 1.93 bits per heavy atom. The van der Waals surface area contributed by atoms with Crippen LogP contribution in [0.25, 0.3) is 11.3 Å². The van der Waals surface area contributed by atoms with Crippen molar-refractivity contribution in [3.63, 3.8) is 0 Å². The van der Waals surface area contributed by atoms with Gasteiger partial charge in [-0.15, -0.1) is 0 Å². The highest BCUT2D eigenvalue weighted by Crippen LogP contribution is 2.39. The molecule has 0 spiro atoms. The van der Waals surface area contributed by atoms with Crippen LogP contribution < -0.4 is 10.2 Å². The van der Waals surface area contributed by atoms with Crippen molar-refractivity contribution in [1.29, 1.82) is 0 Å². The Kier molecular flexibility index (Phi) is 5.50. The monoisotopic (exact) mass is 398 g/mol. The maximum Gasteiger partial charge on any atom is 0.271 e. The first-order chi connectivity index (χ1) is 13.9. The third-order valence-corrected chi connectivity index (χ3v) is 5.82. The molecule has 4 rings (SSSR count). The van der Waals surface area contributed by atoms with Crippen LogP contribution in [0.4, 0.5) is 10.2 Å². The molecule has 1 amide bonds. The third-order valence-electron chi connectivity index (χ3n) is 5.82. The minimum absolute atomic E-state index is 0.179. The highest BCUT2D eigenvalue weighted by molar-refractivity contribution is 5.93. The molecule has 0 unspecified atom stereocenters. The molecule has 2 N–H and O–H groups in total. The van der Waals surface area contributed by atoms with E-state index in [1.54, 1.807) is 19.1 Å². The Morgan fingerprint density at radius 1 is 1.24 bits per heavy atom. The summed E-state index contributed by atoms with van der Waals surface area (Å²) in [5, 5.41) is 13.2. The van der Waals surface area contributed by atoms with Crippen LogP contribution in [0, 0.1) is 11.7 Å². The Hall–Kier alpha value is -2.54. The number of halogens is 1. The maximum absolute atomic E-state index is 13.4. The number of aromatic nitrogens is 2. The van der Waals surface area contributed by atoms with E-state index in [9.17, 15) is 14.3 Å². The summed E-state index contributed by atoms with van der Waals surface area (Å²) in [5.41, 5.74) is 0.584. The number of carbonyl (C=O) groups excluding carboxylic acids is 1. The highest BCUT2D eigenvalue weighted by atomic mass is 19.1. The predicted molar refractivity (Wildman–Crippen MR) is 109 cm³/mol. The van der Waals surface area contributed by atoms with Gasteiger partial charge in [0.25, 0.3) is 5.91 Å². The summed E-state index contributed by atoms with van der Waals surface area (Å²) in [5.74, 6) is 0.271. The number of amides is 1. The number of piperidine rings is 1. The maximum atomic E-state index is 13.4. The van der Waals surface area contributed by atoms with E-state index < -0.39 is 5.60 Å². The number of anilines is 1. The summed E-state index contributed by atoms with van der Waals surface area (Å²) in [6, 6.07) is 6.09. The molecule has 1 aliphatic heterocycles. The molecule has 29 heavy (non-hydrogen) atoms. The Labute approximate surface area is 170 Å². The minimum atomic E-state index is -0.906. The lowest BCUT2D eigenvalue weighted by atomic mass is 10.0. The molecular weight excluding hydrogens is 371 g/mol. The van der Waals surface area contributed by atoms with E-state index in [1.807, 2.05) is 0 Å². The van der Waals surface area contributed by atoms with Crippen LogP contribution in [0.2, 0.25) is 0 Å². The molecular formula is C22H27FN4O2. The molecule has 1 saturated heterocycles. The molecule has 1 saturated carbocycles. The van der Waals surface area contributed by atoms with E-state index in [0.717, 1.165) is 50.2 Å². The normalized spacial score (nSPS) is 18.9. The standard InChI is InChI=1S/C22H27FN4O2/c1-22(29,16-7-8-16)14-25-21(28)18-13-24-20(27-11-3-2-4-12-27)19(26-18)15-5-9-17(23)10-6-15/h5-6,9-10,13,16,29H,2-4,7-8,11-12,14H2,1H3,(H,25,28)/t22-/m0/s1. The van der Waals surface area contributed by atoms with Gasteiger partial charge in [-0.1, -0.05) is 0 Å². The fraction of sp³-hybridized carbons (Fsp3) is 0.500.